The van der Waals surface area contributed by atoms with Crippen molar-refractivity contribution in [3.8, 4) is 23.7 Å². The van der Waals surface area contributed by atoms with Crippen LogP contribution in [0.2, 0.25) is 0 Å². The highest BCUT2D eigenvalue weighted by molar-refractivity contribution is 5.68. The largest absolute Gasteiger partial charge is 0.465 e. The summed E-state index contributed by atoms with van der Waals surface area (Å²) in [6, 6.07) is 3.24. The molecule has 5 heteroatoms. The van der Waals surface area contributed by atoms with Gasteiger partial charge in [0.1, 0.15) is 5.76 Å². The second-order valence-corrected chi connectivity index (χ2v) is 4.11. The van der Waals surface area contributed by atoms with E-state index in [1.165, 1.54) is 20.1 Å². The molecule has 0 aliphatic carbocycles. The number of esters is 2. The molecule has 0 N–H and O–H groups in total. The first-order valence-corrected chi connectivity index (χ1v) is 6.54. The Morgan fingerprint density at radius 1 is 1.23 bits per heavy atom. The fraction of sp³-hybridized carbons (Fsp3) is 0.294. The lowest BCUT2D eigenvalue weighted by Gasteiger charge is -2.20. The molecule has 1 aromatic heterocycles. The van der Waals surface area contributed by atoms with Gasteiger partial charge in [0.15, 0.2) is 0 Å². The lowest BCUT2D eigenvalue weighted by Crippen LogP contribution is -2.26. The molecule has 22 heavy (non-hydrogen) atoms. The first-order valence-electron chi connectivity index (χ1n) is 6.54. The summed E-state index contributed by atoms with van der Waals surface area (Å²) in [7, 11) is 0. The normalized spacial score (nSPS) is 12.3. The molecule has 0 aliphatic heterocycles. The molecule has 0 saturated carbocycles. The molecule has 0 saturated heterocycles. The van der Waals surface area contributed by atoms with Crippen LogP contribution in [0.5, 0.6) is 0 Å². The number of ether oxygens (including phenoxy) is 2. The van der Waals surface area contributed by atoms with E-state index in [9.17, 15) is 9.59 Å². The number of rotatable bonds is 4. The van der Waals surface area contributed by atoms with Crippen molar-refractivity contribution in [2.45, 2.75) is 33.0 Å². The molecule has 5 nitrogen and oxygen atoms in total. The molecule has 0 aromatic carbocycles. The summed E-state index contributed by atoms with van der Waals surface area (Å²) >= 11 is 0. The average Bonchev–Trinajstić information content (AvgIpc) is 2.96. The van der Waals surface area contributed by atoms with Crippen molar-refractivity contribution < 1.29 is 23.5 Å². The summed E-state index contributed by atoms with van der Waals surface area (Å²) in [4.78, 5) is 22.5. The molecule has 114 valence electrons. The predicted molar refractivity (Wildman–Crippen MR) is 79.1 cm³/mol. The van der Waals surface area contributed by atoms with Crippen molar-refractivity contribution >= 4 is 11.9 Å². The Morgan fingerprint density at radius 3 is 2.50 bits per heavy atom. The molecule has 0 spiro atoms. The molecule has 0 radical (unpaired) electrons. The van der Waals surface area contributed by atoms with Crippen LogP contribution in [0.4, 0.5) is 0 Å². The van der Waals surface area contributed by atoms with E-state index >= 15 is 0 Å². The van der Waals surface area contributed by atoms with Gasteiger partial charge in [-0.2, -0.15) is 0 Å². The van der Waals surface area contributed by atoms with Crippen molar-refractivity contribution in [3.63, 3.8) is 0 Å². The van der Waals surface area contributed by atoms with Crippen LogP contribution in [0, 0.1) is 23.7 Å². The summed E-state index contributed by atoms with van der Waals surface area (Å²) in [6.07, 6.45) is 2.87. The van der Waals surface area contributed by atoms with Gasteiger partial charge in [-0.3, -0.25) is 9.59 Å². The van der Waals surface area contributed by atoms with Crippen molar-refractivity contribution in [1.82, 2.24) is 0 Å². The van der Waals surface area contributed by atoms with Crippen LogP contribution in [0.25, 0.3) is 0 Å². The van der Waals surface area contributed by atoms with E-state index < -0.39 is 24.1 Å². The maximum atomic E-state index is 11.3. The molecular formula is C17H16O5. The van der Waals surface area contributed by atoms with Crippen molar-refractivity contribution in [2.24, 2.45) is 0 Å². The molecule has 2 atom stereocenters. The third-order valence-electron chi connectivity index (χ3n) is 2.28. The second-order valence-electron chi connectivity index (χ2n) is 4.11. The predicted octanol–water partition coefficient (Wildman–Crippen LogP) is 2.40. The summed E-state index contributed by atoms with van der Waals surface area (Å²) in [6.45, 7) is 4.32. The van der Waals surface area contributed by atoms with Crippen molar-refractivity contribution in [3.05, 3.63) is 36.3 Å². The van der Waals surface area contributed by atoms with Crippen molar-refractivity contribution in [2.75, 3.05) is 0 Å². The van der Waals surface area contributed by atoms with Crippen LogP contribution < -0.4 is 0 Å². The third-order valence-corrected chi connectivity index (χ3v) is 2.28. The van der Waals surface area contributed by atoms with Gasteiger partial charge in [-0.15, -0.1) is 0 Å². The summed E-state index contributed by atoms with van der Waals surface area (Å²) in [5.74, 6) is 9.74. The van der Waals surface area contributed by atoms with E-state index in [4.69, 9.17) is 13.9 Å². The fourth-order valence-corrected chi connectivity index (χ4v) is 1.52. The summed E-state index contributed by atoms with van der Waals surface area (Å²) in [5.41, 5.74) is 0. The van der Waals surface area contributed by atoms with E-state index in [-0.39, 0.29) is 0 Å². The SMILES string of the molecule is CC=CC#CC#CC(OC(C)=O)C(OC(C)=O)c1ccco1. The van der Waals surface area contributed by atoms with Gasteiger partial charge in [0.2, 0.25) is 12.2 Å². The van der Waals surface area contributed by atoms with E-state index in [0.29, 0.717) is 5.76 Å². The zero-order chi connectivity index (χ0) is 16.4. The zero-order valence-corrected chi connectivity index (χ0v) is 12.6. The summed E-state index contributed by atoms with van der Waals surface area (Å²) in [5, 5.41) is 0. The number of carbonyl (C=O) groups is 2. The Balaban J connectivity index is 3.06. The zero-order valence-electron chi connectivity index (χ0n) is 12.6. The quantitative estimate of drug-likeness (QED) is 0.631. The lowest BCUT2D eigenvalue weighted by atomic mass is 10.1. The molecule has 0 fully saturated rings. The highest BCUT2D eigenvalue weighted by atomic mass is 16.6. The minimum Gasteiger partial charge on any atom is -0.465 e. The van der Waals surface area contributed by atoms with Crippen LogP contribution in [0.15, 0.2) is 35.0 Å². The molecule has 1 heterocycles. The van der Waals surface area contributed by atoms with E-state index in [0.717, 1.165) is 0 Å². The average molecular weight is 300 g/mol. The Labute approximate surface area is 129 Å². The molecule has 0 aliphatic rings. The van der Waals surface area contributed by atoms with Gasteiger partial charge in [0.05, 0.1) is 6.26 Å². The highest BCUT2D eigenvalue weighted by Crippen LogP contribution is 2.24. The fourth-order valence-electron chi connectivity index (χ4n) is 1.52. The minimum absolute atomic E-state index is 0.331. The van der Waals surface area contributed by atoms with Crippen LogP contribution in [0.1, 0.15) is 32.6 Å². The topological polar surface area (TPSA) is 65.7 Å². The standard InChI is InChI=1S/C17H16O5/c1-4-5-6-7-8-10-16(21-13(2)18)17(22-14(3)19)15-11-9-12-20-15/h4-5,9,11-12,16-17H,1-3H3. The summed E-state index contributed by atoms with van der Waals surface area (Å²) < 4.78 is 15.5. The minimum atomic E-state index is -1.01. The number of allylic oxidation sites excluding steroid dienone is 2. The first kappa shape index (κ1) is 17.1. The van der Waals surface area contributed by atoms with E-state index in [1.54, 1.807) is 24.3 Å². The molecule has 0 amide bonds. The smallest absolute Gasteiger partial charge is 0.304 e. The van der Waals surface area contributed by atoms with Gasteiger partial charge in [-0.1, -0.05) is 12.0 Å². The number of hydrogen-bond acceptors (Lipinski definition) is 5. The molecule has 1 rings (SSSR count). The van der Waals surface area contributed by atoms with E-state index in [1.807, 2.05) is 6.92 Å². The maximum Gasteiger partial charge on any atom is 0.304 e. The monoisotopic (exact) mass is 300 g/mol. The van der Waals surface area contributed by atoms with Crippen LogP contribution in [-0.4, -0.2) is 18.0 Å². The van der Waals surface area contributed by atoms with Gasteiger partial charge in [0, 0.05) is 13.8 Å². The second kappa shape index (κ2) is 9.10. The van der Waals surface area contributed by atoms with Crippen LogP contribution in [-0.2, 0) is 19.1 Å². The Bertz CT molecular complexity index is 647. The Kier molecular flexibility index (Phi) is 7.08. The Morgan fingerprint density at radius 2 is 1.95 bits per heavy atom. The highest BCUT2D eigenvalue weighted by Gasteiger charge is 2.29. The van der Waals surface area contributed by atoms with Crippen LogP contribution >= 0.6 is 0 Å². The number of carbonyl (C=O) groups excluding carboxylic acids is 2. The van der Waals surface area contributed by atoms with E-state index in [2.05, 4.69) is 23.7 Å². The molecule has 0 bridgehead atoms. The number of furan rings is 1. The van der Waals surface area contributed by atoms with Gasteiger partial charge in [0.25, 0.3) is 0 Å². The van der Waals surface area contributed by atoms with Crippen molar-refractivity contribution in [1.29, 1.82) is 0 Å². The number of hydrogen-bond donors (Lipinski definition) is 0. The van der Waals surface area contributed by atoms with Crippen LogP contribution in [0.3, 0.4) is 0 Å². The van der Waals surface area contributed by atoms with Gasteiger partial charge >= 0.3 is 11.9 Å². The third kappa shape index (κ3) is 6.02. The lowest BCUT2D eigenvalue weighted by molar-refractivity contribution is -0.162. The maximum absolute atomic E-state index is 11.3. The van der Waals surface area contributed by atoms with Gasteiger partial charge < -0.3 is 13.9 Å². The molecule has 2 unspecified atom stereocenters. The Hall–Kier alpha value is -2.92. The molecule has 1 aromatic rings. The van der Waals surface area contributed by atoms with Gasteiger partial charge in [-0.25, -0.2) is 0 Å². The molecular weight excluding hydrogens is 284 g/mol. The van der Waals surface area contributed by atoms with Gasteiger partial charge in [-0.05, 0) is 42.9 Å². The first-order chi connectivity index (χ1) is 10.5.